The van der Waals surface area contributed by atoms with Gasteiger partial charge in [-0.1, -0.05) is 29.3 Å². The highest BCUT2D eigenvalue weighted by molar-refractivity contribution is 6.33. The average Bonchev–Trinajstić information content (AvgIpc) is 2.71. The quantitative estimate of drug-likeness (QED) is 0.645. The highest BCUT2D eigenvalue weighted by atomic mass is 35.5. The lowest BCUT2D eigenvalue weighted by Gasteiger charge is -2.02. The molecular weight excluding hydrogens is 290 g/mol. The standard InChI is InChI=1S/C12H7Cl2FN4/c1-6-8(7-4-2-3-5-19(7)18-6)12-16-10(13)9(15)11(14)17-12/h2-5H,1H3. The monoisotopic (exact) mass is 296 g/mol. The van der Waals surface area contributed by atoms with Gasteiger partial charge in [0.05, 0.1) is 16.8 Å². The first-order valence-corrected chi connectivity index (χ1v) is 6.16. The van der Waals surface area contributed by atoms with Crippen LogP contribution in [0.25, 0.3) is 16.9 Å². The predicted octanol–water partition coefficient (Wildman–Crippen LogP) is 3.55. The number of fused-ring (bicyclic) bond motifs is 1. The number of nitrogens with zero attached hydrogens (tertiary/aromatic N) is 4. The maximum absolute atomic E-state index is 13.4. The number of aryl methyl sites for hydroxylation is 1. The van der Waals surface area contributed by atoms with Gasteiger partial charge in [-0.05, 0) is 19.1 Å². The molecule has 7 heteroatoms. The van der Waals surface area contributed by atoms with Crippen LogP contribution in [0.3, 0.4) is 0 Å². The molecule has 0 bridgehead atoms. The molecule has 0 saturated carbocycles. The zero-order valence-corrected chi connectivity index (χ0v) is 11.2. The second-order valence-electron chi connectivity index (χ2n) is 3.93. The van der Waals surface area contributed by atoms with Crippen molar-refractivity contribution in [1.82, 2.24) is 19.6 Å². The van der Waals surface area contributed by atoms with Gasteiger partial charge in [0, 0.05) is 6.20 Å². The van der Waals surface area contributed by atoms with Crippen LogP contribution < -0.4 is 0 Å². The minimum absolute atomic E-state index is 0.259. The summed E-state index contributed by atoms with van der Waals surface area (Å²) in [6.45, 7) is 1.82. The van der Waals surface area contributed by atoms with Gasteiger partial charge >= 0.3 is 0 Å². The van der Waals surface area contributed by atoms with Crippen molar-refractivity contribution in [3.63, 3.8) is 0 Å². The van der Waals surface area contributed by atoms with Crippen molar-refractivity contribution >= 4 is 28.7 Å². The Morgan fingerprint density at radius 2 is 1.84 bits per heavy atom. The third-order valence-corrected chi connectivity index (χ3v) is 3.21. The van der Waals surface area contributed by atoms with Gasteiger partial charge < -0.3 is 0 Å². The van der Waals surface area contributed by atoms with Crippen molar-refractivity contribution < 1.29 is 4.39 Å². The summed E-state index contributed by atoms with van der Waals surface area (Å²) in [6.07, 6.45) is 1.80. The van der Waals surface area contributed by atoms with Gasteiger partial charge in [-0.3, -0.25) is 0 Å². The largest absolute Gasteiger partial charge is 0.240 e. The molecule has 0 aliphatic heterocycles. The molecule has 0 fully saturated rings. The highest BCUT2D eigenvalue weighted by Gasteiger charge is 2.18. The van der Waals surface area contributed by atoms with Gasteiger partial charge in [-0.15, -0.1) is 0 Å². The molecule has 0 unspecified atom stereocenters. The van der Waals surface area contributed by atoms with E-state index in [0.717, 1.165) is 5.52 Å². The molecule has 0 N–H and O–H groups in total. The molecule has 0 radical (unpaired) electrons. The smallest absolute Gasteiger partial charge is 0.197 e. The Labute approximate surface area is 117 Å². The molecule has 0 aliphatic rings. The third-order valence-electron chi connectivity index (χ3n) is 2.71. The Balaban J connectivity index is 2.33. The Morgan fingerprint density at radius 3 is 2.53 bits per heavy atom. The fourth-order valence-electron chi connectivity index (χ4n) is 1.90. The van der Waals surface area contributed by atoms with E-state index >= 15 is 0 Å². The van der Waals surface area contributed by atoms with Crippen LogP contribution in [0.1, 0.15) is 5.69 Å². The number of rotatable bonds is 1. The topological polar surface area (TPSA) is 43.1 Å². The minimum atomic E-state index is -0.818. The zero-order chi connectivity index (χ0) is 13.6. The van der Waals surface area contributed by atoms with Crippen LogP contribution in [0.5, 0.6) is 0 Å². The van der Waals surface area contributed by atoms with E-state index < -0.39 is 5.82 Å². The number of pyridine rings is 1. The molecule has 0 aromatic carbocycles. The molecular formula is C12H7Cl2FN4. The van der Waals surface area contributed by atoms with Crippen LogP contribution in [0.2, 0.25) is 10.3 Å². The molecule has 0 saturated heterocycles. The van der Waals surface area contributed by atoms with E-state index in [0.29, 0.717) is 11.3 Å². The van der Waals surface area contributed by atoms with E-state index in [4.69, 9.17) is 23.2 Å². The molecule has 96 valence electrons. The summed E-state index contributed by atoms with van der Waals surface area (Å²) in [6, 6.07) is 5.59. The Morgan fingerprint density at radius 1 is 1.16 bits per heavy atom. The summed E-state index contributed by atoms with van der Waals surface area (Å²) in [5.41, 5.74) is 2.20. The molecule has 0 amide bonds. The predicted molar refractivity (Wildman–Crippen MR) is 70.9 cm³/mol. The summed E-state index contributed by atoms with van der Waals surface area (Å²) in [5, 5.41) is 3.73. The summed E-state index contributed by atoms with van der Waals surface area (Å²) in [7, 11) is 0. The third kappa shape index (κ3) is 1.95. The lowest BCUT2D eigenvalue weighted by molar-refractivity contribution is 0.615. The second-order valence-corrected chi connectivity index (χ2v) is 4.65. The minimum Gasteiger partial charge on any atom is -0.240 e. The fourth-order valence-corrected chi connectivity index (χ4v) is 2.29. The van der Waals surface area contributed by atoms with E-state index in [1.807, 2.05) is 25.1 Å². The fraction of sp³-hybridized carbons (Fsp3) is 0.0833. The van der Waals surface area contributed by atoms with Crippen LogP contribution >= 0.6 is 23.2 Å². The maximum Gasteiger partial charge on any atom is 0.197 e. The van der Waals surface area contributed by atoms with Crippen molar-refractivity contribution in [2.24, 2.45) is 0 Å². The van der Waals surface area contributed by atoms with Crippen molar-refractivity contribution in [3.05, 3.63) is 46.2 Å². The highest BCUT2D eigenvalue weighted by Crippen LogP contribution is 2.29. The Bertz CT molecular complexity index is 761. The molecule has 0 spiro atoms. The molecule has 0 aliphatic carbocycles. The molecule has 3 heterocycles. The first-order valence-electron chi connectivity index (χ1n) is 5.41. The van der Waals surface area contributed by atoms with Crippen LogP contribution in [0.15, 0.2) is 24.4 Å². The van der Waals surface area contributed by atoms with Gasteiger partial charge in [0.25, 0.3) is 0 Å². The SMILES string of the molecule is Cc1nn2ccccc2c1-c1nc(Cl)c(F)c(Cl)n1. The van der Waals surface area contributed by atoms with Crippen LogP contribution in [-0.2, 0) is 0 Å². The number of hydrogen-bond donors (Lipinski definition) is 0. The van der Waals surface area contributed by atoms with Crippen LogP contribution in [0, 0.1) is 12.7 Å². The number of hydrogen-bond acceptors (Lipinski definition) is 3. The van der Waals surface area contributed by atoms with E-state index in [1.54, 1.807) is 10.7 Å². The zero-order valence-electron chi connectivity index (χ0n) is 9.73. The second kappa shape index (κ2) is 4.43. The average molecular weight is 297 g/mol. The summed E-state index contributed by atoms with van der Waals surface area (Å²) >= 11 is 11.4. The number of halogens is 3. The molecule has 4 nitrogen and oxygen atoms in total. The van der Waals surface area contributed by atoms with Gasteiger partial charge in [0.15, 0.2) is 21.9 Å². The Kier molecular flexibility index (Phi) is 2.88. The van der Waals surface area contributed by atoms with Crippen molar-refractivity contribution in [1.29, 1.82) is 0 Å². The lowest BCUT2D eigenvalue weighted by Crippen LogP contribution is -1.95. The summed E-state index contributed by atoms with van der Waals surface area (Å²) in [5.74, 6) is -0.559. The van der Waals surface area contributed by atoms with Crippen molar-refractivity contribution in [2.45, 2.75) is 6.92 Å². The molecule has 3 rings (SSSR count). The summed E-state index contributed by atoms with van der Waals surface area (Å²) in [4.78, 5) is 7.86. The van der Waals surface area contributed by atoms with Gasteiger partial charge in [-0.2, -0.15) is 5.10 Å². The maximum atomic E-state index is 13.4. The molecule has 19 heavy (non-hydrogen) atoms. The van der Waals surface area contributed by atoms with Crippen LogP contribution in [-0.4, -0.2) is 19.6 Å². The van der Waals surface area contributed by atoms with E-state index in [2.05, 4.69) is 15.1 Å². The van der Waals surface area contributed by atoms with Gasteiger partial charge in [0.2, 0.25) is 0 Å². The molecule has 0 atom stereocenters. The Hall–Kier alpha value is -1.72. The van der Waals surface area contributed by atoms with Crippen molar-refractivity contribution in [3.8, 4) is 11.4 Å². The van der Waals surface area contributed by atoms with E-state index in [-0.39, 0.29) is 16.1 Å². The van der Waals surface area contributed by atoms with Gasteiger partial charge in [-0.25, -0.2) is 18.9 Å². The molecule has 3 aromatic rings. The first kappa shape index (κ1) is 12.3. The van der Waals surface area contributed by atoms with Crippen LogP contribution in [0.4, 0.5) is 4.39 Å². The first-order chi connectivity index (χ1) is 9.08. The van der Waals surface area contributed by atoms with Crippen molar-refractivity contribution in [2.75, 3.05) is 0 Å². The van der Waals surface area contributed by atoms with Gasteiger partial charge in [0.1, 0.15) is 0 Å². The summed E-state index contributed by atoms with van der Waals surface area (Å²) < 4.78 is 15.1. The van der Waals surface area contributed by atoms with E-state index in [9.17, 15) is 4.39 Å². The number of aromatic nitrogens is 4. The molecule has 3 aromatic heterocycles. The van der Waals surface area contributed by atoms with E-state index in [1.165, 1.54) is 0 Å². The normalized spacial score (nSPS) is 11.2. The lowest BCUT2D eigenvalue weighted by atomic mass is 10.2.